The molecule has 1 N–H and O–H groups in total. The zero-order valence-corrected chi connectivity index (χ0v) is 20.1. The van der Waals surface area contributed by atoms with Gasteiger partial charge in [-0.15, -0.1) is 0 Å². The van der Waals surface area contributed by atoms with E-state index in [9.17, 15) is 10.1 Å². The summed E-state index contributed by atoms with van der Waals surface area (Å²) in [6.07, 6.45) is 1.64. The molecule has 5 nitrogen and oxygen atoms in total. The lowest BCUT2D eigenvalue weighted by atomic mass is 10.1. The van der Waals surface area contributed by atoms with Crippen molar-refractivity contribution in [2.75, 3.05) is 11.9 Å². The number of ether oxygens (including phenoxy) is 1. The number of aryl methyl sites for hydroxylation is 1. The Morgan fingerprint density at radius 1 is 0.971 bits per heavy atom. The van der Waals surface area contributed by atoms with Gasteiger partial charge >= 0.3 is 0 Å². The number of carbonyl (C=O) groups is 1. The number of carbonyl (C=O) groups excluding carboxylic acids is 1. The van der Waals surface area contributed by atoms with E-state index in [1.54, 1.807) is 30.3 Å². The van der Waals surface area contributed by atoms with Gasteiger partial charge in [0.25, 0.3) is 5.91 Å². The molecule has 0 radical (unpaired) electrons. The van der Waals surface area contributed by atoms with Crippen LogP contribution in [0.2, 0.25) is 0 Å². The summed E-state index contributed by atoms with van der Waals surface area (Å²) in [4.78, 5) is 12.8. The number of amides is 1. The number of nitriles is 1. The molecule has 0 spiro atoms. The largest absolute Gasteiger partial charge is 0.494 e. The molecule has 1 aromatic heterocycles. The van der Waals surface area contributed by atoms with E-state index in [1.807, 2.05) is 51.1 Å². The van der Waals surface area contributed by atoms with Gasteiger partial charge in [-0.1, -0.05) is 42.5 Å². The van der Waals surface area contributed by atoms with Crippen LogP contribution in [0.15, 0.2) is 90.5 Å². The molecule has 0 atom stereocenters. The first kappa shape index (κ1) is 23.6. The quantitative estimate of drug-likeness (QED) is 0.246. The minimum atomic E-state index is -0.450. The van der Waals surface area contributed by atoms with Crippen molar-refractivity contribution in [3.63, 3.8) is 0 Å². The average Bonchev–Trinajstić information content (AvgIpc) is 3.16. The summed E-state index contributed by atoms with van der Waals surface area (Å²) in [6, 6.07) is 29.7. The van der Waals surface area contributed by atoms with Crippen LogP contribution in [0, 0.1) is 25.2 Å². The summed E-state index contributed by atoms with van der Waals surface area (Å²) in [5.41, 5.74) is 6.78. The number of aromatic nitrogens is 1. The monoisotopic (exact) mass is 461 g/mol. The molecule has 0 unspecified atom stereocenters. The molecule has 0 saturated carbocycles. The molecule has 0 bridgehead atoms. The van der Waals surface area contributed by atoms with Gasteiger partial charge in [-0.25, -0.2) is 0 Å². The van der Waals surface area contributed by atoms with Crippen LogP contribution < -0.4 is 10.1 Å². The second kappa shape index (κ2) is 10.6. The fourth-order valence-corrected chi connectivity index (χ4v) is 4.07. The molecular weight excluding hydrogens is 434 g/mol. The lowest BCUT2D eigenvalue weighted by molar-refractivity contribution is -0.112. The van der Waals surface area contributed by atoms with Gasteiger partial charge in [-0.2, -0.15) is 5.26 Å². The zero-order chi connectivity index (χ0) is 24.8. The van der Waals surface area contributed by atoms with Gasteiger partial charge in [0.05, 0.1) is 6.61 Å². The molecule has 0 fully saturated rings. The van der Waals surface area contributed by atoms with Crippen LogP contribution in [0.4, 0.5) is 5.69 Å². The molecule has 35 heavy (non-hydrogen) atoms. The molecule has 0 saturated heterocycles. The fourth-order valence-electron chi connectivity index (χ4n) is 4.07. The van der Waals surface area contributed by atoms with Crippen molar-refractivity contribution >= 4 is 17.7 Å². The molecule has 0 aliphatic rings. The van der Waals surface area contributed by atoms with Gasteiger partial charge in [-0.05, 0) is 86.0 Å². The van der Waals surface area contributed by atoms with Crippen LogP contribution in [0.25, 0.3) is 22.9 Å². The molecule has 4 aromatic rings. The Hall–Kier alpha value is -4.56. The maximum Gasteiger partial charge on any atom is 0.266 e. The number of hydrogen-bond acceptors (Lipinski definition) is 3. The second-order valence-corrected chi connectivity index (χ2v) is 8.16. The Kier molecular flexibility index (Phi) is 7.13. The zero-order valence-electron chi connectivity index (χ0n) is 20.1. The Bertz CT molecular complexity index is 1390. The SMILES string of the molecule is CCOc1ccc(NC(=O)/C(C#N)=C/c2cc(C)n(-c3ccc(-c4ccccc4)cc3)c2C)cc1. The summed E-state index contributed by atoms with van der Waals surface area (Å²) < 4.78 is 7.55. The van der Waals surface area contributed by atoms with Crippen LogP contribution in [0.5, 0.6) is 5.75 Å². The first-order chi connectivity index (χ1) is 17.0. The third-order valence-electron chi connectivity index (χ3n) is 5.79. The first-order valence-corrected chi connectivity index (χ1v) is 11.5. The third kappa shape index (κ3) is 5.34. The molecule has 4 rings (SSSR count). The number of rotatable bonds is 7. The van der Waals surface area contributed by atoms with E-state index in [2.05, 4.69) is 46.3 Å². The van der Waals surface area contributed by atoms with Crippen molar-refractivity contribution < 1.29 is 9.53 Å². The summed E-state index contributed by atoms with van der Waals surface area (Å²) in [5, 5.41) is 12.5. The third-order valence-corrected chi connectivity index (χ3v) is 5.79. The molecule has 174 valence electrons. The van der Waals surface area contributed by atoms with E-state index in [1.165, 1.54) is 5.56 Å². The van der Waals surface area contributed by atoms with E-state index < -0.39 is 5.91 Å². The summed E-state index contributed by atoms with van der Waals surface area (Å²) >= 11 is 0. The normalized spacial score (nSPS) is 11.1. The maximum absolute atomic E-state index is 12.8. The van der Waals surface area contributed by atoms with Crippen molar-refractivity contribution in [1.82, 2.24) is 4.57 Å². The van der Waals surface area contributed by atoms with E-state index >= 15 is 0 Å². The van der Waals surface area contributed by atoms with Gasteiger partial charge < -0.3 is 14.6 Å². The first-order valence-electron chi connectivity index (χ1n) is 11.5. The number of benzene rings is 3. The molecule has 1 amide bonds. The molecule has 3 aromatic carbocycles. The smallest absolute Gasteiger partial charge is 0.266 e. The Morgan fingerprint density at radius 2 is 1.63 bits per heavy atom. The highest BCUT2D eigenvalue weighted by atomic mass is 16.5. The topological polar surface area (TPSA) is 67.0 Å². The molecular formula is C30H27N3O2. The van der Waals surface area contributed by atoms with Crippen molar-refractivity contribution in [3.05, 3.63) is 107 Å². The van der Waals surface area contributed by atoms with E-state index in [4.69, 9.17) is 4.74 Å². The summed E-state index contributed by atoms with van der Waals surface area (Å²) in [6.45, 7) is 6.49. The Morgan fingerprint density at radius 3 is 2.26 bits per heavy atom. The minimum absolute atomic E-state index is 0.0403. The lowest BCUT2D eigenvalue weighted by Crippen LogP contribution is -2.13. The Labute approximate surface area is 205 Å². The van der Waals surface area contributed by atoms with Gasteiger partial charge in [0.1, 0.15) is 17.4 Å². The molecule has 5 heteroatoms. The predicted octanol–water partition coefficient (Wildman–Crippen LogP) is 6.71. The highest BCUT2D eigenvalue weighted by molar-refractivity contribution is 6.09. The van der Waals surface area contributed by atoms with Gasteiger partial charge in [0, 0.05) is 22.8 Å². The second-order valence-electron chi connectivity index (χ2n) is 8.16. The van der Waals surface area contributed by atoms with Crippen molar-refractivity contribution in [1.29, 1.82) is 5.26 Å². The van der Waals surface area contributed by atoms with Crippen LogP contribution >= 0.6 is 0 Å². The Balaban J connectivity index is 1.56. The van der Waals surface area contributed by atoms with E-state index in [-0.39, 0.29) is 5.57 Å². The number of nitrogens with one attached hydrogen (secondary N) is 1. The summed E-state index contributed by atoms with van der Waals surface area (Å²) in [5.74, 6) is 0.277. The highest BCUT2D eigenvalue weighted by Gasteiger charge is 2.14. The highest BCUT2D eigenvalue weighted by Crippen LogP contribution is 2.26. The van der Waals surface area contributed by atoms with Gasteiger partial charge in [0.15, 0.2) is 0 Å². The standard InChI is InChI=1S/C30H27N3O2/c1-4-35-29-16-12-27(13-17-29)32-30(34)26(20-31)19-25-18-21(2)33(22(25)3)28-14-10-24(11-15-28)23-8-6-5-7-9-23/h5-19H,4H2,1-3H3,(H,32,34)/b26-19+. The molecule has 0 aliphatic carbocycles. The molecule has 1 heterocycles. The number of hydrogen-bond donors (Lipinski definition) is 1. The summed E-state index contributed by atoms with van der Waals surface area (Å²) in [7, 11) is 0. The fraction of sp³-hybridized carbons (Fsp3) is 0.133. The van der Waals surface area contributed by atoms with Crippen LogP contribution in [-0.4, -0.2) is 17.1 Å². The van der Waals surface area contributed by atoms with Crippen molar-refractivity contribution in [3.8, 4) is 28.6 Å². The van der Waals surface area contributed by atoms with Crippen molar-refractivity contribution in [2.45, 2.75) is 20.8 Å². The van der Waals surface area contributed by atoms with Gasteiger partial charge in [-0.3, -0.25) is 4.79 Å². The van der Waals surface area contributed by atoms with Crippen LogP contribution in [0.1, 0.15) is 23.9 Å². The van der Waals surface area contributed by atoms with Gasteiger partial charge in [0.2, 0.25) is 0 Å². The minimum Gasteiger partial charge on any atom is -0.494 e. The lowest BCUT2D eigenvalue weighted by Gasteiger charge is -2.11. The average molecular weight is 462 g/mol. The predicted molar refractivity (Wildman–Crippen MR) is 141 cm³/mol. The van der Waals surface area contributed by atoms with Crippen molar-refractivity contribution in [2.24, 2.45) is 0 Å². The molecule has 0 aliphatic heterocycles. The van der Waals surface area contributed by atoms with E-state index in [0.717, 1.165) is 34.0 Å². The number of nitrogens with zero attached hydrogens (tertiary/aromatic N) is 2. The van der Waals surface area contributed by atoms with E-state index in [0.29, 0.717) is 12.3 Å². The van der Waals surface area contributed by atoms with Crippen LogP contribution in [-0.2, 0) is 4.79 Å². The maximum atomic E-state index is 12.8. The van der Waals surface area contributed by atoms with Crippen LogP contribution in [0.3, 0.4) is 0 Å². The number of anilines is 1.